The van der Waals surface area contributed by atoms with Gasteiger partial charge < -0.3 is 94.4 Å². The van der Waals surface area contributed by atoms with Gasteiger partial charge in [0.15, 0.2) is 18.9 Å². The quantitative estimate of drug-likeness (QED) is 0.0307. The lowest BCUT2D eigenvalue weighted by Gasteiger charge is -2.49. The number of ketones is 1. The molecule has 1 amide bonds. The molecule has 17 atom stereocenters. The van der Waals surface area contributed by atoms with Gasteiger partial charge in [0.2, 0.25) is 5.91 Å². The minimum absolute atomic E-state index is 0.163. The highest BCUT2D eigenvalue weighted by Gasteiger charge is 2.55. The van der Waals surface area contributed by atoms with Gasteiger partial charge >= 0.3 is 5.97 Å². The maximum atomic E-state index is 12.7. The second-order valence-corrected chi connectivity index (χ2v) is 21.4. The van der Waals surface area contributed by atoms with Crippen molar-refractivity contribution in [3.8, 4) is 0 Å². The summed E-state index contributed by atoms with van der Waals surface area (Å²) in [6, 6.07) is 0. The lowest BCUT2D eigenvalue weighted by atomic mass is 9.95. The van der Waals surface area contributed by atoms with E-state index in [1.54, 1.807) is 0 Å². The van der Waals surface area contributed by atoms with Crippen LogP contribution in [0.15, 0.2) is 0 Å². The molecule has 3 aliphatic heterocycles. The van der Waals surface area contributed by atoms with Gasteiger partial charge in [0.05, 0.1) is 25.4 Å². The fourth-order valence-electron chi connectivity index (χ4n) is 9.83. The number of unbranched alkanes of at least 4 members (excludes halogenated alkanes) is 16. The fraction of sp³-hybridized carbons (Fsp3) is 0.944. The molecule has 3 aliphatic rings. The third-order valence-corrected chi connectivity index (χ3v) is 14.6. The van der Waals surface area contributed by atoms with Crippen molar-refractivity contribution < 1.29 is 98.6 Å². The first kappa shape index (κ1) is 68.2. The van der Waals surface area contributed by atoms with Gasteiger partial charge in [-0.05, 0) is 65.6 Å². The average molecular weight is 1100 g/mol. The van der Waals surface area contributed by atoms with Gasteiger partial charge in [-0.25, -0.2) is 0 Å². The fourth-order valence-corrected chi connectivity index (χ4v) is 9.83. The van der Waals surface area contributed by atoms with E-state index in [-0.39, 0.29) is 18.1 Å². The summed E-state index contributed by atoms with van der Waals surface area (Å²) in [5.74, 6) is -0.322. The van der Waals surface area contributed by atoms with E-state index >= 15 is 0 Å². The Labute approximate surface area is 451 Å². The van der Waals surface area contributed by atoms with Gasteiger partial charge in [0, 0.05) is 32.7 Å². The van der Waals surface area contributed by atoms with Gasteiger partial charge in [-0.15, -0.1) is 0 Å². The molecule has 446 valence electrons. The molecule has 3 fully saturated rings. The molecule has 0 saturated carbocycles. The zero-order valence-corrected chi connectivity index (χ0v) is 46.0. The van der Waals surface area contributed by atoms with E-state index in [4.69, 9.17) is 33.2 Å². The van der Waals surface area contributed by atoms with Crippen LogP contribution in [0.25, 0.3) is 0 Å². The van der Waals surface area contributed by atoms with Crippen molar-refractivity contribution in [1.29, 1.82) is 0 Å². The van der Waals surface area contributed by atoms with Crippen molar-refractivity contribution in [2.75, 3.05) is 47.0 Å². The van der Waals surface area contributed by atoms with Crippen LogP contribution in [0.3, 0.4) is 0 Å². The number of hydrogen-bond acceptors (Lipinski definition) is 21. The number of aliphatic hydroxyl groups excluding tert-OH is 10. The van der Waals surface area contributed by atoms with Crippen LogP contribution in [0, 0.1) is 0 Å². The van der Waals surface area contributed by atoms with Crippen molar-refractivity contribution in [2.24, 2.45) is 0 Å². The highest BCUT2D eigenvalue weighted by Crippen LogP contribution is 2.35. The molecule has 3 rings (SSSR count). The van der Waals surface area contributed by atoms with Crippen molar-refractivity contribution in [3.05, 3.63) is 0 Å². The summed E-state index contributed by atoms with van der Waals surface area (Å²) in [4.78, 5) is 38.9. The molecule has 0 aromatic heterocycles. The van der Waals surface area contributed by atoms with Crippen molar-refractivity contribution >= 4 is 17.7 Å². The summed E-state index contributed by atoms with van der Waals surface area (Å²) in [7, 11) is 4.15. The number of nitrogens with zero attached hydrogens (tertiary/aromatic N) is 1. The summed E-state index contributed by atoms with van der Waals surface area (Å²) in [5, 5.41) is 110. The van der Waals surface area contributed by atoms with Gasteiger partial charge in [0.1, 0.15) is 85.6 Å². The molecule has 76 heavy (non-hydrogen) atoms. The first-order valence-electron chi connectivity index (χ1n) is 28.6. The molecule has 0 unspecified atom stereocenters. The smallest absolute Gasteiger partial charge is 0.302 e. The molecule has 3 heterocycles. The highest BCUT2D eigenvalue weighted by molar-refractivity contribution is 5.78. The molecule has 0 spiro atoms. The van der Waals surface area contributed by atoms with E-state index in [2.05, 4.69) is 24.3 Å². The molecule has 0 aromatic carbocycles. The molecule has 0 radical (unpaired) electrons. The standard InChI is InChI=1S/C54H100N2O20/c1-5-6-18-28-38(37(61)27-21-16-15-20-26-36(60)25-19-13-11-9-7-8-10-12-14-22-29-42(62)55-30-23-17-24-31-56(3)4)71-54-51(76-53-49(69)47(67)44(64)40(33-58)73-53)50(45(65)41(74-54)34-70-35(2)59)75-52-48(68)46(66)43(63)39(32-57)72-52/h37-41,43-54,57-58,61,63-69H,5-34H2,1-4H3,(H,55,62)/t37-,38+,39-,40-,41-,43+,44-,45+,46+,47+,48-,49-,50+,51-,52+,53+,54-/m1/s1. The van der Waals surface area contributed by atoms with Gasteiger partial charge in [-0.2, -0.15) is 0 Å². The van der Waals surface area contributed by atoms with Gasteiger partial charge in [0.25, 0.3) is 0 Å². The van der Waals surface area contributed by atoms with Gasteiger partial charge in [-0.3, -0.25) is 14.4 Å². The first-order valence-corrected chi connectivity index (χ1v) is 28.6. The third kappa shape index (κ3) is 24.7. The Hall–Kier alpha value is -2.07. The minimum atomic E-state index is -1.96. The molecular formula is C54H100N2O20. The summed E-state index contributed by atoms with van der Waals surface area (Å²) < 4.78 is 41.4. The second kappa shape index (κ2) is 38.6. The number of ether oxygens (including phenoxy) is 7. The number of rotatable bonds is 41. The van der Waals surface area contributed by atoms with Crippen molar-refractivity contribution in [3.63, 3.8) is 0 Å². The zero-order chi connectivity index (χ0) is 56.0. The van der Waals surface area contributed by atoms with Crippen molar-refractivity contribution in [2.45, 2.75) is 279 Å². The van der Waals surface area contributed by atoms with E-state index in [0.717, 1.165) is 116 Å². The predicted molar refractivity (Wildman–Crippen MR) is 277 cm³/mol. The Bertz CT molecular complexity index is 1550. The SMILES string of the molecule is CCCCC[C@H](O[C@@H]1O[C@H](COC(C)=O)[C@H](O)[C@H](O[C@@H]2O[C@H](CO)[C@H](O)[C@H](O)[C@H]2O)[C@H]1O[C@@H]1O[C@H](CO)[C@@H](O)[C@H](O)[C@H]1O)[C@H](O)CCCCCCC(=O)CCCCCCCCCCCCC(=O)NCCCCCN(C)C. The number of amides is 1. The summed E-state index contributed by atoms with van der Waals surface area (Å²) >= 11 is 0. The van der Waals surface area contributed by atoms with E-state index < -0.39 is 130 Å². The van der Waals surface area contributed by atoms with E-state index in [1.807, 2.05) is 6.92 Å². The lowest BCUT2D eigenvalue weighted by Crippen LogP contribution is -2.67. The van der Waals surface area contributed by atoms with Crippen LogP contribution in [0.4, 0.5) is 0 Å². The summed E-state index contributed by atoms with van der Waals surface area (Å²) in [6.07, 6.45) is -6.71. The number of hydrogen-bond donors (Lipinski definition) is 11. The zero-order valence-electron chi connectivity index (χ0n) is 46.0. The molecule has 22 nitrogen and oxygen atoms in total. The molecule has 11 N–H and O–H groups in total. The average Bonchev–Trinajstić information content (AvgIpc) is 3.40. The van der Waals surface area contributed by atoms with Crippen LogP contribution in [0.2, 0.25) is 0 Å². The summed E-state index contributed by atoms with van der Waals surface area (Å²) in [5.41, 5.74) is 0. The maximum Gasteiger partial charge on any atom is 0.302 e. The largest absolute Gasteiger partial charge is 0.463 e. The topological polar surface area (TPSA) is 333 Å². The monoisotopic (exact) mass is 1100 g/mol. The van der Waals surface area contributed by atoms with E-state index in [0.29, 0.717) is 38.5 Å². The number of aliphatic hydroxyl groups is 10. The highest BCUT2D eigenvalue weighted by atomic mass is 16.8. The van der Waals surface area contributed by atoms with Crippen LogP contribution in [0.1, 0.15) is 174 Å². The molecular weight excluding hydrogens is 997 g/mol. The number of carbonyl (C=O) groups excluding carboxylic acids is 3. The molecule has 22 heteroatoms. The summed E-state index contributed by atoms with van der Waals surface area (Å²) in [6.45, 7) is 2.80. The number of carbonyl (C=O) groups is 3. The lowest BCUT2D eigenvalue weighted by molar-refractivity contribution is -0.396. The number of esters is 1. The van der Waals surface area contributed by atoms with Crippen LogP contribution in [-0.4, -0.2) is 225 Å². The maximum absolute atomic E-state index is 12.7. The van der Waals surface area contributed by atoms with Crippen LogP contribution in [-0.2, 0) is 47.5 Å². The Morgan fingerprint density at radius 1 is 0.539 bits per heavy atom. The van der Waals surface area contributed by atoms with Gasteiger partial charge in [-0.1, -0.05) is 103 Å². The minimum Gasteiger partial charge on any atom is -0.463 e. The van der Waals surface area contributed by atoms with E-state index in [1.165, 1.54) is 19.3 Å². The third-order valence-electron chi connectivity index (χ3n) is 14.6. The number of nitrogens with one attached hydrogen (secondary N) is 1. The molecule has 0 bridgehead atoms. The predicted octanol–water partition coefficient (Wildman–Crippen LogP) is 1.77. The number of Topliss-reactive ketones (excluding diaryl/α,β-unsaturated/α-hetero) is 1. The Balaban J connectivity index is 1.51. The Morgan fingerprint density at radius 3 is 1.53 bits per heavy atom. The molecule has 0 aliphatic carbocycles. The van der Waals surface area contributed by atoms with E-state index in [9.17, 15) is 65.4 Å². The molecule has 0 aromatic rings. The van der Waals surface area contributed by atoms with Crippen molar-refractivity contribution in [1.82, 2.24) is 10.2 Å². The Morgan fingerprint density at radius 2 is 1.01 bits per heavy atom. The van der Waals surface area contributed by atoms with Crippen LogP contribution < -0.4 is 5.32 Å². The van der Waals surface area contributed by atoms with Crippen LogP contribution >= 0.6 is 0 Å². The Kier molecular flexibility index (Phi) is 34.6. The molecule has 3 saturated heterocycles. The second-order valence-electron chi connectivity index (χ2n) is 21.4. The van der Waals surface area contributed by atoms with Crippen LogP contribution in [0.5, 0.6) is 0 Å². The first-order chi connectivity index (χ1) is 36.4. The normalized spacial score (nSPS) is 30.8.